The summed E-state index contributed by atoms with van der Waals surface area (Å²) in [5, 5.41) is 13.3. The maximum Gasteiger partial charge on any atom is 0.0966 e. The quantitative estimate of drug-likeness (QED) is 0.786. The molecule has 2 aromatic rings. The van der Waals surface area contributed by atoms with E-state index in [1.165, 1.54) is 30.0 Å². The Morgan fingerprint density at radius 1 is 0.941 bits per heavy atom. The first-order chi connectivity index (χ1) is 8.32. The van der Waals surface area contributed by atoms with E-state index in [0.717, 1.165) is 5.56 Å². The SMILES string of the molecule is OC1(c2cccc3ccccc23)C2CCCC21. The lowest BCUT2D eigenvalue weighted by Crippen LogP contribution is -2.13. The van der Waals surface area contributed by atoms with Gasteiger partial charge in [-0.15, -0.1) is 0 Å². The van der Waals surface area contributed by atoms with Crippen LogP contribution in [-0.2, 0) is 5.60 Å². The number of fused-ring (bicyclic) bond motifs is 2. The summed E-state index contributed by atoms with van der Waals surface area (Å²) in [7, 11) is 0. The van der Waals surface area contributed by atoms with E-state index in [9.17, 15) is 5.11 Å². The highest BCUT2D eigenvalue weighted by Crippen LogP contribution is 2.66. The molecule has 2 fully saturated rings. The molecule has 2 aromatic carbocycles. The molecule has 0 aliphatic heterocycles. The smallest absolute Gasteiger partial charge is 0.0966 e. The molecule has 2 saturated carbocycles. The fourth-order valence-corrected chi connectivity index (χ4v) is 3.90. The third-order valence-corrected chi connectivity index (χ3v) is 4.76. The predicted molar refractivity (Wildman–Crippen MR) is 68.7 cm³/mol. The lowest BCUT2D eigenvalue weighted by atomic mass is 9.94. The Morgan fingerprint density at radius 2 is 1.65 bits per heavy atom. The highest BCUT2D eigenvalue weighted by molar-refractivity contribution is 5.87. The van der Waals surface area contributed by atoms with Gasteiger partial charge in [-0.25, -0.2) is 0 Å². The highest BCUT2D eigenvalue weighted by atomic mass is 16.3. The van der Waals surface area contributed by atoms with Crippen molar-refractivity contribution < 1.29 is 5.11 Å². The first-order valence-electron chi connectivity index (χ1n) is 6.52. The fraction of sp³-hybridized carbons (Fsp3) is 0.375. The van der Waals surface area contributed by atoms with Crippen LogP contribution < -0.4 is 0 Å². The van der Waals surface area contributed by atoms with E-state index < -0.39 is 5.60 Å². The van der Waals surface area contributed by atoms with Gasteiger partial charge in [0, 0.05) is 0 Å². The van der Waals surface area contributed by atoms with Gasteiger partial charge in [-0.3, -0.25) is 0 Å². The second-order valence-corrected chi connectivity index (χ2v) is 5.50. The van der Waals surface area contributed by atoms with Crippen LogP contribution in [0.15, 0.2) is 42.5 Å². The molecule has 0 amide bonds. The van der Waals surface area contributed by atoms with Gasteiger partial charge in [0.15, 0.2) is 0 Å². The molecule has 2 aliphatic carbocycles. The van der Waals surface area contributed by atoms with Crippen molar-refractivity contribution in [1.29, 1.82) is 0 Å². The van der Waals surface area contributed by atoms with E-state index in [-0.39, 0.29) is 0 Å². The molecular formula is C16H16O. The summed E-state index contributed by atoms with van der Waals surface area (Å²) in [5.41, 5.74) is 0.643. The average molecular weight is 224 g/mol. The summed E-state index contributed by atoms with van der Waals surface area (Å²) in [6.07, 6.45) is 3.69. The zero-order valence-corrected chi connectivity index (χ0v) is 9.76. The lowest BCUT2D eigenvalue weighted by Gasteiger charge is -2.17. The molecule has 1 N–H and O–H groups in total. The van der Waals surface area contributed by atoms with Crippen molar-refractivity contribution in [1.82, 2.24) is 0 Å². The summed E-state index contributed by atoms with van der Waals surface area (Å²) in [4.78, 5) is 0. The molecule has 1 heteroatoms. The molecule has 2 aliphatic rings. The van der Waals surface area contributed by atoms with E-state index >= 15 is 0 Å². The minimum Gasteiger partial charge on any atom is -0.385 e. The molecule has 0 radical (unpaired) electrons. The molecule has 4 rings (SSSR count). The van der Waals surface area contributed by atoms with Gasteiger partial charge >= 0.3 is 0 Å². The van der Waals surface area contributed by atoms with Gasteiger partial charge in [0.1, 0.15) is 0 Å². The van der Waals surface area contributed by atoms with Gasteiger partial charge in [-0.05, 0) is 41.0 Å². The third-order valence-electron chi connectivity index (χ3n) is 4.76. The Labute approximate surface area is 101 Å². The largest absolute Gasteiger partial charge is 0.385 e. The van der Waals surface area contributed by atoms with E-state index in [1.54, 1.807) is 0 Å². The maximum absolute atomic E-state index is 10.9. The number of rotatable bonds is 1. The molecule has 0 heterocycles. The van der Waals surface area contributed by atoms with Crippen LogP contribution >= 0.6 is 0 Å². The van der Waals surface area contributed by atoms with Crippen molar-refractivity contribution in [3.63, 3.8) is 0 Å². The van der Waals surface area contributed by atoms with Crippen molar-refractivity contribution in [2.75, 3.05) is 0 Å². The van der Waals surface area contributed by atoms with Crippen LogP contribution in [0.1, 0.15) is 24.8 Å². The second-order valence-electron chi connectivity index (χ2n) is 5.50. The predicted octanol–water partition coefficient (Wildman–Crippen LogP) is 3.46. The summed E-state index contributed by atoms with van der Waals surface area (Å²) >= 11 is 0. The standard InChI is InChI=1S/C16H16O/c17-16(14-9-4-10-15(14)16)13-8-3-6-11-5-1-2-7-12(11)13/h1-3,5-8,14-15,17H,4,9-10H2. The molecule has 0 spiro atoms. The Hall–Kier alpha value is -1.34. The molecular weight excluding hydrogens is 208 g/mol. The monoisotopic (exact) mass is 224 g/mol. The van der Waals surface area contributed by atoms with Crippen LogP contribution in [-0.4, -0.2) is 5.11 Å². The van der Waals surface area contributed by atoms with Gasteiger partial charge < -0.3 is 5.11 Å². The van der Waals surface area contributed by atoms with Gasteiger partial charge in [-0.2, -0.15) is 0 Å². The van der Waals surface area contributed by atoms with Gasteiger partial charge in [-0.1, -0.05) is 48.9 Å². The Morgan fingerprint density at radius 3 is 2.47 bits per heavy atom. The first kappa shape index (κ1) is 9.67. The van der Waals surface area contributed by atoms with Crippen LogP contribution in [0.2, 0.25) is 0 Å². The summed E-state index contributed by atoms with van der Waals surface area (Å²) in [6, 6.07) is 14.7. The van der Waals surface area contributed by atoms with Crippen molar-refractivity contribution >= 4 is 10.8 Å². The van der Waals surface area contributed by atoms with Crippen molar-refractivity contribution in [2.24, 2.45) is 11.8 Å². The Balaban J connectivity index is 1.92. The Kier molecular flexibility index (Phi) is 1.77. The molecule has 1 nitrogen and oxygen atoms in total. The normalized spacial score (nSPS) is 34.9. The topological polar surface area (TPSA) is 20.2 Å². The maximum atomic E-state index is 10.9. The van der Waals surface area contributed by atoms with Crippen LogP contribution in [0.3, 0.4) is 0 Å². The summed E-state index contributed by atoms with van der Waals surface area (Å²) in [6.45, 7) is 0. The number of benzene rings is 2. The number of hydrogen-bond donors (Lipinski definition) is 1. The van der Waals surface area contributed by atoms with Gasteiger partial charge in [0.05, 0.1) is 5.60 Å². The van der Waals surface area contributed by atoms with E-state index in [4.69, 9.17) is 0 Å². The van der Waals surface area contributed by atoms with E-state index in [0.29, 0.717) is 11.8 Å². The van der Waals surface area contributed by atoms with Gasteiger partial charge in [0.25, 0.3) is 0 Å². The Bertz CT molecular complexity index is 572. The fourth-order valence-electron chi connectivity index (χ4n) is 3.90. The lowest BCUT2D eigenvalue weighted by molar-refractivity contribution is 0.107. The minimum atomic E-state index is -0.515. The third kappa shape index (κ3) is 1.13. The van der Waals surface area contributed by atoms with Crippen LogP contribution in [0.5, 0.6) is 0 Å². The zero-order valence-electron chi connectivity index (χ0n) is 9.76. The van der Waals surface area contributed by atoms with Crippen LogP contribution in [0.4, 0.5) is 0 Å². The van der Waals surface area contributed by atoms with E-state index in [1.807, 2.05) is 0 Å². The zero-order chi connectivity index (χ0) is 11.5. The molecule has 0 aromatic heterocycles. The van der Waals surface area contributed by atoms with Crippen molar-refractivity contribution in [3.8, 4) is 0 Å². The minimum absolute atomic E-state index is 0.515. The number of hydrogen-bond acceptors (Lipinski definition) is 1. The van der Waals surface area contributed by atoms with Crippen LogP contribution in [0, 0.1) is 11.8 Å². The van der Waals surface area contributed by atoms with Gasteiger partial charge in [0.2, 0.25) is 0 Å². The number of aliphatic hydroxyl groups is 1. The molecule has 17 heavy (non-hydrogen) atoms. The molecule has 2 unspecified atom stereocenters. The molecule has 2 atom stereocenters. The molecule has 0 saturated heterocycles. The highest BCUT2D eigenvalue weighted by Gasteiger charge is 2.66. The first-order valence-corrected chi connectivity index (χ1v) is 6.52. The molecule has 86 valence electrons. The summed E-state index contributed by atoms with van der Waals surface area (Å²) in [5.74, 6) is 1.04. The molecule has 0 bridgehead atoms. The van der Waals surface area contributed by atoms with Crippen LogP contribution in [0.25, 0.3) is 10.8 Å². The van der Waals surface area contributed by atoms with Crippen molar-refractivity contribution in [2.45, 2.75) is 24.9 Å². The average Bonchev–Trinajstić information content (AvgIpc) is 2.79. The second kappa shape index (κ2) is 3.11. The summed E-state index contributed by atoms with van der Waals surface area (Å²) < 4.78 is 0. The van der Waals surface area contributed by atoms with Crippen molar-refractivity contribution in [3.05, 3.63) is 48.0 Å². The van der Waals surface area contributed by atoms with E-state index in [2.05, 4.69) is 42.5 Å².